The van der Waals surface area contributed by atoms with Crippen LogP contribution in [-0.4, -0.2) is 36.1 Å². The van der Waals surface area contributed by atoms with Crippen molar-refractivity contribution in [2.24, 2.45) is 0 Å². The van der Waals surface area contributed by atoms with Crippen LogP contribution in [0.1, 0.15) is 11.1 Å². The molecule has 162 valence electrons. The van der Waals surface area contributed by atoms with Gasteiger partial charge in [0.05, 0.1) is 11.3 Å². The van der Waals surface area contributed by atoms with Crippen LogP contribution >= 0.6 is 11.8 Å². The third kappa shape index (κ3) is 5.28. The molecule has 4 nitrogen and oxygen atoms in total. The Morgan fingerprint density at radius 2 is 1.55 bits per heavy atom. The minimum Gasteiger partial charge on any atom is -0.366 e. The van der Waals surface area contributed by atoms with Gasteiger partial charge in [0.2, 0.25) is 0 Å². The number of alkyl halides is 3. The molecule has 0 aliphatic carbocycles. The van der Waals surface area contributed by atoms with Gasteiger partial charge < -0.3 is 9.80 Å². The van der Waals surface area contributed by atoms with Gasteiger partial charge in [0.25, 0.3) is 0 Å². The quantitative estimate of drug-likeness (QED) is 0.302. The smallest absolute Gasteiger partial charge is 0.366 e. The maximum absolute atomic E-state index is 14.0. The Kier molecular flexibility index (Phi) is 6.31. The Bertz CT molecular complexity index is 1020. The van der Waals surface area contributed by atoms with Crippen molar-refractivity contribution in [3.05, 3.63) is 77.9 Å². The molecule has 1 fully saturated rings. The lowest BCUT2D eigenvalue weighted by Gasteiger charge is -2.36. The molecule has 1 aromatic heterocycles. The monoisotopic (exact) mass is 448 g/mol. The molecule has 4 rings (SSSR count). The molecule has 0 bridgehead atoms. The Morgan fingerprint density at radius 3 is 2.23 bits per heavy atom. The molecule has 2 aromatic carbocycles. The molecule has 0 atom stereocenters. The summed E-state index contributed by atoms with van der Waals surface area (Å²) in [6, 6.07) is 13.8. The summed E-state index contributed by atoms with van der Waals surface area (Å²) in [6.45, 7) is 2.76. The Balaban J connectivity index is 1.35. The predicted molar refractivity (Wildman–Crippen MR) is 114 cm³/mol. The van der Waals surface area contributed by atoms with Gasteiger partial charge in [0.15, 0.2) is 0 Å². The maximum Gasteiger partial charge on any atom is 0.416 e. The fraction of sp³-hybridized carbons (Fsp3) is 0.273. The predicted octanol–water partition coefficient (Wildman–Crippen LogP) is 5.25. The summed E-state index contributed by atoms with van der Waals surface area (Å²) in [5, 5.41) is 0.751. The lowest BCUT2D eigenvalue weighted by atomic mass is 10.1. The first-order valence-electron chi connectivity index (χ1n) is 9.75. The molecule has 9 heteroatoms. The first kappa shape index (κ1) is 21.4. The largest absolute Gasteiger partial charge is 0.416 e. The molecule has 0 radical (unpaired) electrons. The molecule has 0 unspecified atom stereocenters. The van der Waals surface area contributed by atoms with E-state index in [1.54, 1.807) is 12.1 Å². The number of halogens is 4. The van der Waals surface area contributed by atoms with Crippen molar-refractivity contribution in [3.63, 3.8) is 0 Å². The number of benzene rings is 2. The number of anilines is 2. The van der Waals surface area contributed by atoms with Gasteiger partial charge in [-0.2, -0.15) is 13.2 Å². The van der Waals surface area contributed by atoms with Crippen LogP contribution in [0, 0.1) is 5.82 Å². The van der Waals surface area contributed by atoms with E-state index in [9.17, 15) is 17.6 Å². The van der Waals surface area contributed by atoms with Gasteiger partial charge in [0.1, 0.15) is 23.0 Å². The Labute approximate surface area is 181 Å². The molecule has 0 N–H and O–H groups in total. The molecule has 3 aromatic rings. The van der Waals surface area contributed by atoms with E-state index < -0.39 is 11.7 Å². The maximum atomic E-state index is 14.0. The van der Waals surface area contributed by atoms with Gasteiger partial charge in [-0.25, -0.2) is 14.4 Å². The molecule has 0 spiro atoms. The topological polar surface area (TPSA) is 32.3 Å². The van der Waals surface area contributed by atoms with E-state index in [-0.39, 0.29) is 5.82 Å². The van der Waals surface area contributed by atoms with Crippen LogP contribution in [-0.2, 0) is 11.9 Å². The number of thioether (sulfide) groups is 1. The van der Waals surface area contributed by atoms with E-state index >= 15 is 0 Å². The second kappa shape index (κ2) is 9.13. The summed E-state index contributed by atoms with van der Waals surface area (Å²) in [5.74, 6) is 1.08. The van der Waals surface area contributed by atoms with Crippen LogP contribution in [0.3, 0.4) is 0 Å². The molecule has 1 aliphatic rings. The Morgan fingerprint density at radius 1 is 0.871 bits per heavy atom. The lowest BCUT2D eigenvalue weighted by Crippen LogP contribution is -2.47. The summed E-state index contributed by atoms with van der Waals surface area (Å²) in [6.07, 6.45) is -2.84. The minimum atomic E-state index is -4.33. The number of nitrogens with zero attached hydrogens (tertiary/aromatic N) is 4. The van der Waals surface area contributed by atoms with Crippen molar-refractivity contribution in [3.8, 4) is 0 Å². The standard InChI is InChI=1S/C22H20F4N4S/c23-18-3-1-2-4-19(18)29-9-11-30(12-10-29)20-13-21(28-15-27-20)31-14-16-5-7-17(8-6-16)22(24,25)26/h1-8,13,15H,9-12,14H2. The van der Waals surface area contributed by atoms with Crippen molar-refractivity contribution >= 4 is 23.3 Å². The average Bonchev–Trinajstić information content (AvgIpc) is 2.78. The molecule has 0 amide bonds. The summed E-state index contributed by atoms with van der Waals surface area (Å²) in [5.41, 5.74) is 0.745. The molecular weight excluding hydrogens is 428 g/mol. The number of rotatable bonds is 5. The lowest BCUT2D eigenvalue weighted by molar-refractivity contribution is -0.137. The van der Waals surface area contributed by atoms with E-state index in [1.165, 1.54) is 36.3 Å². The van der Waals surface area contributed by atoms with Crippen LogP contribution < -0.4 is 9.80 Å². The summed E-state index contributed by atoms with van der Waals surface area (Å²) in [4.78, 5) is 12.8. The molecule has 31 heavy (non-hydrogen) atoms. The average molecular weight is 448 g/mol. The minimum absolute atomic E-state index is 0.222. The number of aromatic nitrogens is 2. The van der Waals surface area contributed by atoms with E-state index in [2.05, 4.69) is 14.9 Å². The third-order valence-corrected chi connectivity index (χ3v) is 6.09. The highest BCUT2D eigenvalue weighted by Gasteiger charge is 2.29. The van der Waals surface area contributed by atoms with Gasteiger partial charge in [-0.1, -0.05) is 24.3 Å². The van der Waals surface area contributed by atoms with Crippen LogP contribution in [0.4, 0.5) is 29.1 Å². The first-order valence-corrected chi connectivity index (χ1v) is 10.7. The van der Waals surface area contributed by atoms with Crippen LogP contribution in [0.25, 0.3) is 0 Å². The van der Waals surface area contributed by atoms with Crippen LogP contribution in [0.5, 0.6) is 0 Å². The van der Waals surface area contributed by atoms with Gasteiger partial charge >= 0.3 is 6.18 Å². The highest BCUT2D eigenvalue weighted by atomic mass is 32.2. The second-order valence-electron chi connectivity index (χ2n) is 7.12. The third-order valence-electron chi connectivity index (χ3n) is 5.09. The molecule has 1 aliphatic heterocycles. The fourth-order valence-corrected chi connectivity index (χ4v) is 4.23. The number of hydrogen-bond acceptors (Lipinski definition) is 5. The molecule has 2 heterocycles. The summed E-state index contributed by atoms with van der Waals surface area (Å²) in [7, 11) is 0. The number of piperazine rings is 1. The van der Waals surface area contributed by atoms with E-state index in [0.29, 0.717) is 37.6 Å². The van der Waals surface area contributed by atoms with Crippen LogP contribution in [0.15, 0.2) is 66.0 Å². The van der Waals surface area contributed by atoms with Gasteiger partial charge in [-0.05, 0) is 29.8 Å². The van der Waals surface area contributed by atoms with Gasteiger partial charge in [-0.15, -0.1) is 11.8 Å². The molecular formula is C22H20F4N4S. The molecule has 0 saturated carbocycles. The van der Waals surface area contributed by atoms with Crippen molar-refractivity contribution < 1.29 is 17.6 Å². The van der Waals surface area contributed by atoms with Gasteiger partial charge in [0, 0.05) is 38.0 Å². The highest BCUT2D eigenvalue weighted by molar-refractivity contribution is 7.98. The molecule has 1 saturated heterocycles. The number of hydrogen-bond donors (Lipinski definition) is 0. The van der Waals surface area contributed by atoms with E-state index in [0.717, 1.165) is 28.5 Å². The normalized spacial score (nSPS) is 14.7. The van der Waals surface area contributed by atoms with Crippen LogP contribution in [0.2, 0.25) is 0 Å². The second-order valence-corrected chi connectivity index (χ2v) is 8.12. The first-order chi connectivity index (χ1) is 14.9. The zero-order valence-corrected chi connectivity index (χ0v) is 17.3. The highest BCUT2D eigenvalue weighted by Crippen LogP contribution is 2.30. The summed E-state index contributed by atoms with van der Waals surface area (Å²) >= 11 is 1.45. The van der Waals surface area contributed by atoms with Crippen molar-refractivity contribution in [1.82, 2.24) is 9.97 Å². The van der Waals surface area contributed by atoms with E-state index in [4.69, 9.17) is 0 Å². The Hall–Kier alpha value is -2.81. The van der Waals surface area contributed by atoms with Crippen molar-refractivity contribution in [2.75, 3.05) is 36.0 Å². The zero-order chi connectivity index (χ0) is 21.8. The fourth-order valence-electron chi connectivity index (χ4n) is 3.41. The SMILES string of the molecule is Fc1ccccc1N1CCN(c2cc(SCc3ccc(C(F)(F)F)cc3)ncn2)CC1. The van der Waals surface area contributed by atoms with Crippen molar-refractivity contribution in [2.45, 2.75) is 17.0 Å². The van der Waals surface area contributed by atoms with Crippen molar-refractivity contribution in [1.29, 1.82) is 0 Å². The summed E-state index contributed by atoms with van der Waals surface area (Å²) < 4.78 is 52.1. The van der Waals surface area contributed by atoms with Gasteiger partial charge in [-0.3, -0.25) is 0 Å². The number of para-hydroxylation sites is 1. The van der Waals surface area contributed by atoms with E-state index in [1.807, 2.05) is 17.0 Å². The zero-order valence-electron chi connectivity index (χ0n) is 16.5.